The van der Waals surface area contributed by atoms with Crippen LogP contribution >= 0.6 is 0 Å². The minimum atomic E-state index is -1.33. The Morgan fingerprint density at radius 3 is 1.80 bits per heavy atom. The van der Waals surface area contributed by atoms with Crippen molar-refractivity contribution in [2.24, 2.45) is 0 Å². The fraction of sp³-hybridized carbons (Fsp3) is 0.370. The molecule has 5 atom stereocenters. The highest BCUT2D eigenvalue weighted by molar-refractivity contribution is 5.69. The molecule has 41 heavy (non-hydrogen) atoms. The van der Waals surface area contributed by atoms with E-state index in [9.17, 15) is 19.2 Å². The lowest BCUT2D eigenvalue weighted by atomic mass is 9.98. The summed E-state index contributed by atoms with van der Waals surface area (Å²) >= 11 is 0. The van der Waals surface area contributed by atoms with Crippen molar-refractivity contribution in [1.29, 1.82) is 0 Å². The molecule has 216 valence electrons. The number of benzene rings is 2. The number of H-pyrrole nitrogens is 1. The first-order valence-corrected chi connectivity index (χ1v) is 12.5. The third-order valence-electron chi connectivity index (χ3n) is 5.89. The van der Waals surface area contributed by atoms with Gasteiger partial charge in [-0.15, -0.1) is 5.10 Å². The summed E-state index contributed by atoms with van der Waals surface area (Å²) in [4.78, 5) is 47.4. The van der Waals surface area contributed by atoms with Crippen LogP contribution in [-0.4, -0.2) is 81.8 Å². The predicted molar refractivity (Wildman–Crippen MR) is 138 cm³/mol. The number of carbonyl (C=O) groups is 4. The zero-order valence-electron chi connectivity index (χ0n) is 22.6. The average molecular weight is 569 g/mol. The summed E-state index contributed by atoms with van der Waals surface area (Å²) < 4.78 is 33.3. The van der Waals surface area contributed by atoms with Crippen LogP contribution in [0.1, 0.15) is 27.7 Å². The number of carbonyl (C=O) groups excluding carboxylic acids is 4. The topological polar surface area (TPSA) is 178 Å². The second kappa shape index (κ2) is 13.0. The van der Waals surface area contributed by atoms with Crippen LogP contribution < -0.4 is 4.74 Å². The molecule has 0 bridgehead atoms. The lowest BCUT2D eigenvalue weighted by molar-refractivity contribution is -0.288. The minimum Gasteiger partial charge on any atom is -0.463 e. The van der Waals surface area contributed by atoms with Gasteiger partial charge in [0.25, 0.3) is 0 Å². The lowest BCUT2D eigenvalue weighted by Crippen LogP contribution is -2.63. The van der Waals surface area contributed by atoms with E-state index in [-0.39, 0.29) is 6.61 Å². The van der Waals surface area contributed by atoms with Gasteiger partial charge in [0.2, 0.25) is 12.4 Å². The summed E-state index contributed by atoms with van der Waals surface area (Å²) in [5, 5.41) is 13.7. The number of rotatable bonds is 9. The molecule has 1 aliphatic rings. The second-order valence-electron chi connectivity index (χ2n) is 9.04. The molecule has 0 saturated carbocycles. The van der Waals surface area contributed by atoms with Crippen LogP contribution in [0.2, 0.25) is 0 Å². The van der Waals surface area contributed by atoms with E-state index < -0.39 is 54.6 Å². The van der Waals surface area contributed by atoms with Gasteiger partial charge in [0.05, 0.1) is 0 Å². The van der Waals surface area contributed by atoms with Crippen molar-refractivity contribution in [3.8, 4) is 28.3 Å². The number of nitrogens with zero attached hydrogens (tertiary/aromatic N) is 3. The second-order valence-corrected chi connectivity index (χ2v) is 9.04. The van der Waals surface area contributed by atoms with E-state index >= 15 is 0 Å². The van der Waals surface area contributed by atoms with E-state index in [0.717, 1.165) is 37.5 Å². The highest BCUT2D eigenvalue weighted by Crippen LogP contribution is 2.32. The predicted octanol–water partition coefficient (Wildman–Crippen LogP) is 2.00. The fourth-order valence-electron chi connectivity index (χ4n) is 4.25. The van der Waals surface area contributed by atoms with Gasteiger partial charge in [-0.25, -0.2) is 5.10 Å². The van der Waals surface area contributed by atoms with Gasteiger partial charge in [-0.05, 0) is 33.7 Å². The fourth-order valence-corrected chi connectivity index (χ4v) is 4.25. The first-order chi connectivity index (χ1) is 19.6. The van der Waals surface area contributed by atoms with Gasteiger partial charge in [-0.2, -0.15) is 0 Å². The highest BCUT2D eigenvalue weighted by Gasteiger charge is 2.53. The van der Waals surface area contributed by atoms with Crippen molar-refractivity contribution in [1.82, 2.24) is 20.6 Å². The molecule has 2 heterocycles. The Hall–Kier alpha value is -4.85. The molecule has 1 fully saturated rings. The maximum absolute atomic E-state index is 12.0. The number of hydrogen-bond acceptors (Lipinski definition) is 13. The average Bonchev–Trinajstić information content (AvgIpc) is 3.46. The summed E-state index contributed by atoms with van der Waals surface area (Å²) in [6.45, 7) is 4.31. The van der Waals surface area contributed by atoms with Gasteiger partial charge in [0.15, 0.2) is 18.0 Å². The Bertz CT molecular complexity index is 1360. The van der Waals surface area contributed by atoms with Gasteiger partial charge < -0.3 is 28.4 Å². The smallest absolute Gasteiger partial charge is 0.303 e. The minimum absolute atomic E-state index is 0.332. The van der Waals surface area contributed by atoms with Crippen LogP contribution in [0.15, 0.2) is 48.5 Å². The maximum Gasteiger partial charge on any atom is 0.303 e. The number of tetrazole rings is 1. The van der Waals surface area contributed by atoms with Crippen LogP contribution in [0.5, 0.6) is 5.75 Å². The number of esters is 4. The SMILES string of the molecule is CC(=O)OC[C@H]1O[C@H](Oc2ccc(-c3ccc(-c4nnn[nH]4)cc3)cc2)[C@@H](OC(C)=O)[C@@H](OC(C)=O)[C@@H]1OC(C)=O. The Morgan fingerprint density at radius 1 is 0.732 bits per heavy atom. The Labute approximate surface area is 234 Å². The molecule has 3 aromatic rings. The highest BCUT2D eigenvalue weighted by atomic mass is 16.7. The summed E-state index contributed by atoms with van der Waals surface area (Å²) in [5.41, 5.74) is 2.61. The van der Waals surface area contributed by atoms with Gasteiger partial charge in [0.1, 0.15) is 18.5 Å². The van der Waals surface area contributed by atoms with Crippen LogP contribution in [0.25, 0.3) is 22.5 Å². The molecule has 1 saturated heterocycles. The van der Waals surface area contributed by atoms with Gasteiger partial charge in [0, 0.05) is 33.3 Å². The Morgan fingerprint density at radius 2 is 1.27 bits per heavy atom. The summed E-state index contributed by atoms with van der Waals surface area (Å²) in [5.74, 6) is -1.90. The largest absolute Gasteiger partial charge is 0.463 e. The van der Waals surface area contributed by atoms with Crippen molar-refractivity contribution in [2.45, 2.75) is 58.4 Å². The van der Waals surface area contributed by atoms with Gasteiger partial charge >= 0.3 is 23.9 Å². The van der Waals surface area contributed by atoms with E-state index in [1.807, 2.05) is 36.4 Å². The third kappa shape index (κ3) is 7.63. The van der Waals surface area contributed by atoms with Crippen molar-refractivity contribution >= 4 is 23.9 Å². The van der Waals surface area contributed by atoms with E-state index in [4.69, 9.17) is 28.4 Å². The van der Waals surface area contributed by atoms with Crippen LogP contribution in [0.3, 0.4) is 0 Å². The molecule has 0 unspecified atom stereocenters. The van der Waals surface area contributed by atoms with Crippen molar-refractivity contribution in [2.75, 3.05) is 6.61 Å². The summed E-state index contributed by atoms with van der Waals surface area (Å²) in [6, 6.07) is 14.5. The number of hydrogen-bond donors (Lipinski definition) is 1. The molecule has 0 amide bonds. The van der Waals surface area contributed by atoms with Crippen LogP contribution in [-0.2, 0) is 42.9 Å². The first kappa shape index (κ1) is 29.1. The molecule has 1 aliphatic heterocycles. The summed E-state index contributed by atoms with van der Waals surface area (Å²) in [7, 11) is 0. The van der Waals surface area contributed by atoms with E-state index in [1.54, 1.807) is 12.1 Å². The normalized spacial score (nSPS) is 21.8. The quantitative estimate of drug-likeness (QED) is 0.293. The van der Waals surface area contributed by atoms with Crippen molar-refractivity contribution in [3.05, 3.63) is 48.5 Å². The molecule has 1 N–H and O–H groups in total. The van der Waals surface area contributed by atoms with E-state index in [2.05, 4.69) is 20.6 Å². The molecule has 2 aromatic carbocycles. The first-order valence-electron chi connectivity index (χ1n) is 12.5. The van der Waals surface area contributed by atoms with Crippen LogP contribution in [0, 0.1) is 0 Å². The molecule has 0 radical (unpaired) electrons. The number of ether oxygens (including phenoxy) is 6. The van der Waals surface area contributed by atoms with Crippen molar-refractivity contribution < 1.29 is 47.6 Å². The monoisotopic (exact) mass is 568 g/mol. The standard InChI is InChI=1S/C27H28N4O10/c1-14(32)36-13-22-23(37-15(2)33)24(38-16(3)34)25(39-17(4)35)27(41-22)40-21-11-9-19(10-12-21)18-5-7-20(8-6-18)26-28-30-31-29-26/h5-12,22-25,27H,13H2,1-4H3,(H,28,29,30,31)/t22-,23-,24+,25+,27+/m1/s1. The summed E-state index contributed by atoms with van der Waals surface area (Å²) in [6.07, 6.45) is -6.35. The van der Waals surface area contributed by atoms with Crippen LogP contribution in [0.4, 0.5) is 0 Å². The Balaban J connectivity index is 1.58. The van der Waals surface area contributed by atoms with E-state index in [0.29, 0.717) is 11.6 Å². The van der Waals surface area contributed by atoms with Gasteiger partial charge in [-0.3, -0.25) is 19.2 Å². The number of nitrogens with one attached hydrogen (secondary N) is 1. The molecule has 14 heteroatoms. The molecule has 14 nitrogen and oxygen atoms in total. The molecule has 4 rings (SSSR count). The molecule has 0 aliphatic carbocycles. The zero-order valence-corrected chi connectivity index (χ0v) is 22.6. The molecule has 1 aromatic heterocycles. The number of aromatic amines is 1. The molecular weight excluding hydrogens is 540 g/mol. The van der Waals surface area contributed by atoms with E-state index in [1.165, 1.54) is 6.92 Å². The Kier molecular flexibility index (Phi) is 9.24. The van der Waals surface area contributed by atoms with Crippen molar-refractivity contribution in [3.63, 3.8) is 0 Å². The molecular formula is C27H28N4O10. The third-order valence-corrected chi connectivity index (χ3v) is 5.89. The molecule has 0 spiro atoms. The van der Waals surface area contributed by atoms with Gasteiger partial charge in [-0.1, -0.05) is 36.4 Å². The zero-order chi connectivity index (χ0) is 29.5. The lowest BCUT2D eigenvalue weighted by Gasteiger charge is -2.43. The number of aromatic nitrogens is 4. The maximum atomic E-state index is 12.0.